The standard InChI is InChI=1S/C22H22N6O2S/c23-10-7-22(8-11-27(12-9-22)21(30)16-6-13-31-15-16)28-14-18(19(24)29)20(26-28)25-17-4-2-1-3-5-17/h1-6,13-15H,7-9,11-12H2,(H2,24,29)(H,25,26). The molecule has 1 aliphatic heterocycles. The SMILES string of the molecule is N#CCC1(n2cc(C(N)=O)c(Nc3ccccc3)n2)CCN(C(=O)c2ccsc2)CC1. The number of thiophene rings is 1. The number of primary amides is 1. The molecule has 2 amide bonds. The van der Waals surface area contributed by atoms with E-state index in [1.165, 1.54) is 11.3 Å². The monoisotopic (exact) mass is 434 g/mol. The first kappa shape index (κ1) is 20.6. The van der Waals surface area contributed by atoms with Crippen LogP contribution in [-0.4, -0.2) is 39.6 Å². The van der Waals surface area contributed by atoms with Crippen LogP contribution in [0.25, 0.3) is 0 Å². The zero-order chi connectivity index (χ0) is 21.8. The molecule has 0 aliphatic carbocycles. The highest BCUT2D eigenvalue weighted by molar-refractivity contribution is 7.08. The van der Waals surface area contributed by atoms with Gasteiger partial charge in [-0.25, -0.2) is 0 Å². The number of aromatic nitrogens is 2. The summed E-state index contributed by atoms with van der Waals surface area (Å²) in [6.07, 6.45) is 2.95. The third-order valence-electron chi connectivity index (χ3n) is 5.66. The van der Waals surface area contributed by atoms with Crippen LogP contribution >= 0.6 is 11.3 Å². The van der Waals surface area contributed by atoms with Gasteiger partial charge in [0.25, 0.3) is 11.8 Å². The summed E-state index contributed by atoms with van der Waals surface area (Å²) in [5.41, 5.74) is 6.71. The second kappa shape index (κ2) is 8.62. The summed E-state index contributed by atoms with van der Waals surface area (Å²) >= 11 is 1.49. The Morgan fingerprint density at radius 2 is 1.97 bits per heavy atom. The Morgan fingerprint density at radius 1 is 1.23 bits per heavy atom. The number of likely N-dealkylation sites (tertiary alicyclic amines) is 1. The first-order chi connectivity index (χ1) is 15.0. The molecule has 0 bridgehead atoms. The van der Waals surface area contributed by atoms with E-state index in [-0.39, 0.29) is 17.9 Å². The van der Waals surface area contributed by atoms with Gasteiger partial charge in [-0.3, -0.25) is 14.3 Å². The number of hydrogen-bond acceptors (Lipinski definition) is 6. The van der Waals surface area contributed by atoms with Crippen LogP contribution in [0.15, 0.2) is 53.4 Å². The second-order valence-electron chi connectivity index (χ2n) is 7.55. The van der Waals surface area contributed by atoms with Gasteiger partial charge in [-0.1, -0.05) is 18.2 Å². The molecular weight excluding hydrogens is 412 g/mol. The van der Waals surface area contributed by atoms with E-state index in [1.54, 1.807) is 15.8 Å². The molecule has 3 heterocycles. The van der Waals surface area contributed by atoms with E-state index in [9.17, 15) is 14.9 Å². The van der Waals surface area contributed by atoms with Gasteiger partial charge in [0.05, 0.1) is 23.6 Å². The average Bonchev–Trinajstić information content (AvgIpc) is 3.45. The van der Waals surface area contributed by atoms with E-state index in [4.69, 9.17) is 5.73 Å². The summed E-state index contributed by atoms with van der Waals surface area (Å²) in [6.45, 7) is 1.01. The number of piperidine rings is 1. The summed E-state index contributed by atoms with van der Waals surface area (Å²) in [6, 6.07) is 13.4. The molecule has 0 atom stereocenters. The number of anilines is 2. The number of amides is 2. The molecule has 1 aliphatic rings. The lowest BCUT2D eigenvalue weighted by Gasteiger charge is -2.40. The van der Waals surface area contributed by atoms with E-state index < -0.39 is 11.4 Å². The number of nitrogens with two attached hydrogens (primary N) is 1. The van der Waals surface area contributed by atoms with Crippen molar-refractivity contribution in [2.75, 3.05) is 18.4 Å². The molecule has 9 heteroatoms. The fraction of sp³-hybridized carbons (Fsp3) is 0.273. The first-order valence-corrected chi connectivity index (χ1v) is 10.9. The summed E-state index contributed by atoms with van der Waals surface area (Å²) in [5.74, 6) is -0.244. The topological polar surface area (TPSA) is 117 Å². The van der Waals surface area contributed by atoms with Gasteiger partial charge in [0.2, 0.25) is 0 Å². The van der Waals surface area contributed by atoms with E-state index >= 15 is 0 Å². The van der Waals surface area contributed by atoms with Crippen molar-refractivity contribution in [3.8, 4) is 6.07 Å². The highest BCUT2D eigenvalue weighted by Crippen LogP contribution is 2.35. The molecule has 0 radical (unpaired) electrons. The highest BCUT2D eigenvalue weighted by atomic mass is 32.1. The summed E-state index contributed by atoms with van der Waals surface area (Å²) < 4.78 is 1.69. The largest absolute Gasteiger partial charge is 0.365 e. The summed E-state index contributed by atoms with van der Waals surface area (Å²) in [4.78, 5) is 26.6. The highest BCUT2D eigenvalue weighted by Gasteiger charge is 2.39. The van der Waals surface area contributed by atoms with E-state index in [1.807, 2.05) is 47.2 Å². The van der Waals surface area contributed by atoms with E-state index in [0.717, 1.165) is 5.69 Å². The Bertz CT molecular complexity index is 1110. The smallest absolute Gasteiger partial charge is 0.254 e. The molecule has 3 aromatic rings. The van der Waals surface area contributed by atoms with Crippen molar-refractivity contribution >= 4 is 34.7 Å². The van der Waals surface area contributed by atoms with Crippen LogP contribution < -0.4 is 11.1 Å². The van der Waals surface area contributed by atoms with Gasteiger partial charge in [-0.05, 0) is 36.4 Å². The number of nitrogens with zero attached hydrogens (tertiary/aromatic N) is 4. The van der Waals surface area contributed by atoms with Crippen LogP contribution in [0.5, 0.6) is 0 Å². The molecule has 0 saturated carbocycles. The Morgan fingerprint density at radius 3 is 2.58 bits per heavy atom. The molecule has 3 N–H and O–H groups in total. The van der Waals surface area contributed by atoms with Crippen LogP contribution in [0.4, 0.5) is 11.5 Å². The number of nitriles is 1. The van der Waals surface area contributed by atoms with Crippen LogP contribution in [0.3, 0.4) is 0 Å². The number of hydrogen-bond donors (Lipinski definition) is 2. The Hall–Kier alpha value is -3.64. The van der Waals surface area contributed by atoms with Gasteiger partial charge in [0.1, 0.15) is 5.56 Å². The first-order valence-electron chi connectivity index (χ1n) is 9.93. The van der Waals surface area contributed by atoms with E-state index in [0.29, 0.717) is 37.3 Å². The molecular formula is C22H22N6O2S. The van der Waals surface area contributed by atoms with Crippen molar-refractivity contribution in [2.24, 2.45) is 5.73 Å². The lowest BCUT2D eigenvalue weighted by Crippen LogP contribution is -2.48. The zero-order valence-electron chi connectivity index (χ0n) is 16.8. The minimum Gasteiger partial charge on any atom is -0.365 e. The third kappa shape index (κ3) is 4.15. The van der Waals surface area contributed by atoms with Crippen LogP contribution in [0.2, 0.25) is 0 Å². The minimum absolute atomic E-state index is 0.00321. The molecule has 31 heavy (non-hydrogen) atoms. The molecule has 0 spiro atoms. The van der Waals surface area contributed by atoms with Crippen LogP contribution in [-0.2, 0) is 5.54 Å². The Balaban J connectivity index is 1.60. The van der Waals surface area contributed by atoms with Gasteiger partial charge in [0, 0.05) is 30.4 Å². The number of rotatable bonds is 6. The van der Waals surface area contributed by atoms with Gasteiger partial charge in [-0.2, -0.15) is 21.7 Å². The number of carbonyl (C=O) groups excluding carboxylic acids is 2. The Labute approximate surface area is 183 Å². The molecule has 1 saturated heterocycles. The van der Waals surface area contributed by atoms with Gasteiger partial charge < -0.3 is 16.0 Å². The van der Waals surface area contributed by atoms with Gasteiger partial charge >= 0.3 is 0 Å². The number of nitrogens with one attached hydrogen (secondary N) is 1. The molecule has 1 aromatic carbocycles. The quantitative estimate of drug-likeness (QED) is 0.617. The third-order valence-corrected chi connectivity index (χ3v) is 6.34. The average molecular weight is 435 g/mol. The van der Waals surface area contributed by atoms with E-state index in [2.05, 4.69) is 16.5 Å². The Kier molecular flexibility index (Phi) is 5.73. The normalized spacial score (nSPS) is 15.3. The van der Waals surface area contributed by atoms with Crippen molar-refractivity contribution < 1.29 is 9.59 Å². The van der Waals surface area contributed by atoms with Crippen LogP contribution in [0.1, 0.15) is 40.0 Å². The lowest BCUT2D eigenvalue weighted by atomic mass is 9.84. The predicted molar refractivity (Wildman–Crippen MR) is 118 cm³/mol. The van der Waals surface area contributed by atoms with Crippen molar-refractivity contribution in [1.29, 1.82) is 5.26 Å². The molecule has 8 nitrogen and oxygen atoms in total. The molecule has 1 fully saturated rings. The maximum absolute atomic E-state index is 12.7. The number of benzene rings is 1. The van der Waals surface area contributed by atoms with Gasteiger partial charge in [-0.15, -0.1) is 0 Å². The predicted octanol–water partition coefficient (Wildman–Crippen LogP) is 3.33. The number of carbonyl (C=O) groups is 2. The maximum atomic E-state index is 12.7. The molecule has 158 valence electrons. The summed E-state index contributed by atoms with van der Waals surface area (Å²) in [7, 11) is 0. The van der Waals surface area contributed by atoms with Crippen molar-refractivity contribution in [3.05, 3.63) is 64.5 Å². The van der Waals surface area contributed by atoms with Gasteiger partial charge in [0.15, 0.2) is 5.82 Å². The van der Waals surface area contributed by atoms with Crippen molar-refractivity contribution in [2.45, 2.75) is 24.8 Å². The van der Waals surface area contributed by atoms with Crippen molar-refractivity contribution in [3.63, 3.8) is 0 Å². The molecule has 2 aromatic heterocycles. The number of para-hydroxylation sites is 1. The summed E-state index contributed by atoms with van der Waals surface area (Å²) in [5, 5.41) is 21.0. The lowest BCUT2D eigenvalue weighted by molar-refractivity contribution is 0.0580. The molecule has 4 rings (SSSR count). The molecule has 0 unspecified atom stereocenters. The fourth-order valence-corrected chi connectivity index (χ4v) is 4.51. The maximum Gasteiger partial charge on any atom is 0.254 e. The van der Waals surface area contributed by atoms with Crippen molar-refractivity contribution in [1.82, 2.24) is 14.7 Å². The van der Waals surface area contributed by atoms with Crippen LogP contribution in [0, 0.1) is 11.3 Å². The minimum atomic E-state index is -0.610. The zero-order valence-corrected chi connectivity index (χ0v) is 17.6. The second-order valence-corrected chi connectivity index (χ2v) is 8.33. The fourth-order valence-electron chi connectivity index (χ4n) is 3.88.